The summed E-state index contributed by atoms with van der Waals surface area (Å²) in [5.41, 5.74) is 1.86. The summed E-state index contributed by atoms with van der Waals surface area (Å²) in [6.07, 6.45) is 2.34. The third-order valence-electron chi connectivity index (χ3n) is 5.01. The average Bonchev–Trinajstić information content (AvgIpc) is 3.30. The molecule has 0 spiro atoms. The first-order valence-corrected chi connectivity index (χ1v) is 8.92. The van der Waals surface area contributed by atoms with Crippen LogP contribution in [0.1, 0.15) is 18.4 Å². The number of aliphatic hydroxyl groups is 1. The molecule has 138 valence electrons. The number of methoxy groups -OCH3 is 1. The molecule has 0 aromatic heterocycles. The first-order valence-electron chi connectivity index (χ1n) is 8.92. The van der Waals surface area contributed by atoms with Crippen LogP contribution < -0.4 is 14.5 Å². The van der Waals surface area contributed by atoms with Crippen molar-refractivity contribution in [2.45, 2.75) is 12.8 Å². The number of hydrogen-bond donors (Lipinski definition) is 1. The highest BCUT2D eigenvalue weighted by atomic mass is 16.5. The van der Waals surface area contributed by atoms with Gasteiger partial charge in [-0.3, -0.25) is 9.59 Å². The van der Waals surface area contributed by atoms with Gasteiger partial charge >= 0.3 is 5.91 Å². The van der Waals surface area contributed by atoms with Crippen LogP contribution in [0.5, 0.6) is 5.75 Å². The monoisotopic (exact) mass is 364 g/mol. The SMILES string of the molecule is COc1ccccc1C1=C(O)C(=O)N(c2ccc(N3CCCC3)cc2)C1=O. The molecule has 27 heavy (non-hydrogen) atoms. The smallest absolute Gasteiger partial charge is 0.301 e. The summed E-state index contributed by atoms with van der Waals surface area (Å²) in [5, 5.41) is 10.4. The molecule has 1 fully saturated rings. The summed E-state index contributed by atoms with van der Waals surface area (Å²) < 4.78 is 5.27. The number of carbonyl (C=O) groups excluding carboxylic acids is 2. The molecule has 2 amide bonds. The lowest BCUT2D eigenvalue weighted by atomic mass is 10.0. The van der Waals surface area contributed by atoms with E-state index in [1.54, 1.807) is 36.4 Å². The standard InChI is InChI=1S/C21H20N2O4/c1-27-17-7-3-2-6-16(17)18-19(24)21(26)23(20(18)25)15-10-8-14(9-11-15)22-12-4-5-13-22/h2-3,6-11,24H,4-5,12-13H2,1H3. The largest absolute Gasteiger partial charge is 0.502 e. The minimum atomic E-state index is -0.727. The molecule has 1 N–H and O–H groups in total. The van der Waals surface area contributed by atoms with E-state index in [2.05, 4.69) is 4.90 Å². The van der Waals surface area contributed by atoms with Crippen molar-refractivity contribution >= 4 is 28.8 Å². The van der Waals surface area contributed by atoms with Gasteiger partial charge < -0.3 is 14.7 Å². The predicted molar refractivity (Wildman–Crippen MR) is 103 cm³/mol. The fourth-order valence-corrected chi connectivity index (χ4v) is 3.63. The number of amides is 2. The molecule has 0 radical (unpaired) electrons. The highest BCUT2D eigenvalue weighted by molar-refractivity contribution is 6.45. The number of carbonyl (C=O) groups is 2. The zero-order valence-electron chi connectivity index (χ0n) is 15.0. The van der Waals surface area contributed by atoms with E-state index in [0.717, 1.165) is 23.7 Å². The van der Waals surface area contributed by atoms with Crippen molar-refractivity contribution in [1.82, 2.24) is 0 Å². The van der Waals surface area contributed by atoms with Crippen LogP contribution in [-0.4, -0.2) is 37.1 Å². The van der Waals surface area contributed by atoms with Crippen molar-refractivity contribution in [3.8, 4) is 5.75 Å². The van der Waals surface area contributed by atoms with Gasteiger partial charge in [0.15, 0.2) is 5.76 Å². The van der Waals surface area contributed by atoms with E-state index in [1.807, 2.05) is 12.1 Å². The summed E-state index contributed by atoms with van der Waals surface area (Å²) in [4.78, 5) is 28.8. The molecule has 2 aromatic carbocycles. The Hall–Kier alpha value is -3.28. The van der Waals surface area contributed by atoms with E-state index in [4.69, 9.17) is 4.74 Å². The highest BCUT2D eigenvalue weighted by Crippen LogP contribution is 2.36. The zero-order valence-corrected chi connectivity index (χ0v) is 15.0. The van der Waals surface area contributed by atoms with E-state index < -0.39 is 17.6 Å². The Labute approximate surface area is 157 Å². The Kier molecular flexibility index (Phi) is 4.32. The lowest BCUT2D eigenvalue weighted by Gasteiger charge is -2.20. The molecular formula is C21H20N2O4. The lowest BCUT2D eigenvalue weighted by Crippen LogP contribution is -2.31. The average molecular weight is 364 g/mol. The highest BCUT2D eigenvalue weighted by Gasteiger charge is 2.41. The lowest BCUT2D eigenvalue weighted by molar-refractivity contribution is -0.121. The number of rotatable bonds is 4. The minimum Gasteiger partial charge on any atom is -0.502 e. The summed E-state index contributed by atoms with van der Waals surface area (Å²) in [6.45, 7) is 2.03. The van der Waals surface area contributed by atoms with Gasteiger partial charge in [-0.25, -0.2) is 4.90 Å². The maximum Gasteiger partial charge on any atom is 0.301 e. The Morgan fingerprint density at radius 2 is 1.52 bits per heavy atom. The molecule has 0 atom stereocenters. The van der Waals surface area contributed by atoms with Crippen molar-refractivity contribution < 1.29 is 19.4 Å². The van der Waals surface area contributed by atoms with Crippen molar-refractivity contribution in [2.75, 3.05) is 30.0 Å². The van der Waals surface area contributed by atoms with E-state index >= 15 is 0 Å². The molecule has 0 unspecified atom stereocenters. The first kappa shape index (κ1) is 17.1. The van der Waals surface area contributed by atoms with Gasteiger partial charge in [0.25, 0.3) is 5.91 Å². The van der Waals surface area contributed by atoms with Gasteiger partial charge in [-0.1, -0.05) is 18.2 Å². The van der Waals surface area contributed by atoms with Gasteiger partial charge in [-0.2, -0.15) is 0 Å². The Morgan fingerprint density at radius 1 is 0.889 bits per heavy atom. The van der Waals surface area contributed by atoms with Crippen LogP contribution >= 0.6 is 0 Å². The number of aliphatic hydroxyl groups excluding tert-OH is 1. The maximum absolute atomic E-state index is 13.0. The second-order valence-corrected chi connectivity index (χ2v) is 6.58. The van der Waals surface area contributed by atoms with Gasteiger partial charge in [0.2, 0.25) is 0 Å². The van der Waals surface area contributed by atoms with Crippen molar-refractivity contribution in [2.24, 2.45) is 0 Å². The maximum atomic E-state index is 13.0. The second kappa shape index (κ2) is 6.79. The summed E-state index contributed by atoms with van der Waals surface area (Å²) in [6, 6.07) is 14.1. The van der Waals surface area contributed by atoms with Gasteiger partial charge in [0.1, 0.15) is 5.75 Å². The van der Waals surface area contributed by atoms with E-state index in [0.29, 0.717) is 17.0 Å². The van der Waals surface area contributed by atoms with Crippen LogP contribution in [0.3, 0.4) is 0 Å². The number of para-hydroxylation sites is 1. The number of ether oxygens (including phenoxy) is 1. The minimum absolute atomic E-state index is 0.0407. The number of benzene rings is 2. The zero-order chi connectivity index (χ0) is 19.0. The second-order valence-electron chi connectivity index (χ2n) is 6.58. The third kappa shape index (κ3) is 2.83. The quantitative estimate of drug-likeness (QED) is 0.844. The fraction of sp³-hybridized carbons (Fsp3) is 0.238. The molecule has 0 aliphatic carbocycles. The molecule has 2 aromatic rings. The molecule has 1 saturated heterocycles. The van der Waals surface area contributed by atoms with Gasteiger partial charge in [0, 0.05) is 24.3 Å². The summed E-state index contributed by atoms with van der Waals surface area (Å²) >= 11 is 0. The van der Waals surface area contributed by atoms with Crippen LogP contribution in [-0.2, 0) is 9.59 Å². The van der Waals surface area contributed by atoms with Crippen LogP contribution in [0.15, 0.2) is 54.3 Å². The first-order chi connectivity index (χ1) is 13.1. The molecule has 0 saturated carbocycles. The molecule has 6 heteroatoms. The van der Waals surface area contributed by atoms with Crippen molar-refractivity contribution in [3.63, 3.8) is 0 Å². The topological polar surface area (TPSA) is 70.1 Å². The third-order valence-corrected chi connectivity index (χ3v) is 5.01. The van der Waals surface area contributed by atoms with Crippen LogP contribution in [0.2, 0.25) is 0 Å². The molecule has 6 nitrogen and oxygen atoms in total. The van der Waals surface area contributed by atoms with Crippen molar-refractivity contribution in [3.05, 3.63) is 59.9 Å². The van der Waals surface area contributed by atoms with Crippen molar-refractivity contribution in [1.29, 1.82) is 0 Å². The molecular weight excluding hydrogens is 344 g/mol. The van der Waals surface area contributed by atoms with E-state index in [-0.39, 0.29) is 5.57 Å². The van der Waals surface area contributed by atoms with Crippen LogP contribution in [0.4, 0.5) is 11.4 Å². The van der Waals surface area contributed by atoms with E-state index in [1.165, 1.54) is 20.0 Å². The predicted octanol–water partition coefficient (Wildman–Crippen LogP) is 3.14. The molecule has 4 rings (SSSR count). The van der Waals surface area contributed by atoms with E-state index in [9.17, 15) is 14.7 Å². The molecule has 2 aliphatic heterocycles. The van der Waals surface area contributed by atoms with Gasteiger partial charge in [-0.15, -0.1) is 0 Å². The normalized spacial score (nSPS) is 17.2. The molecule has 2 aliphatic rings. The molecule has 0 bridgehead atoms. The van der Waals surface area contributed by atoms with Crippen LogP contribution in [0, 0.1) is 0 Å². The summed E-state index contributed by atoms with van der Waals surface area (Å²) in [7, 11) is 1.48. The van der Waals surface area contributed by atoms with Gasteiger partial charge in [0.05, 0.1) is 18.4 Å². The number of imide groups is 1. The number of anilines is 2. The van der Waals surface area contributed by atoms with Gasteiger partial charge in [-0.05, 0) is 43.2 Å². The molecule has 2 heterocycles. The Morgan fingerprint density at radius 3 is 2.19 bits per heavy atom. The van der Waals surface area contributed by atoms with Crippen LogP contribution in [0.25, 0.3) is 5.57 Å². The summed E-state index contributed by atoms with van der Waals surface area (Å²) in [5.74, 6) is -1.43. The number of hydrogen-bond acceptors (Lipinski definition) is 5. The fourth-order valence-electron chi connectivity index (χ4n) is 3.63. The Balaban J connectivity index is 1.66. The number of nitrogens with zero attached hydrogens (tertiary/aromatic N) is 2. The Bertz CT molecular complexity index is 927.